The van der Waals surface area contributed by atoms with E-state index in [1.54, 1.807) is 10.8 Å². The van der Waals surface area contributed by atoms with E-state index < -0.39 is 0 Å². The Labute approximate surface area is 144 Å². The molecule has 2 aliphatic rings. The van der Waals surface area contributed by atoms with Crippen LogP contribution in [0.25, 0.3) is 0 Å². The van der Waals surface area contributed by atoms with Crippen LogP contribution in [0.15, 0.2) is 23.3 Å². The summed E-state index contributed by atoms with van der Waals surface area (Å²) in [6.07, 6.45) is 12.5. The van der Waals surface area contributed by atoms with E-state index in [9.17, 15) is 9.59 Å². The molecular formula is C20H28N2O2. The first-order chi connectivity index (χ1) is 11.7. The van der Waals surface area contributed by atoms with Crippen molar-refractivity contribution in [3.05, 3.63) is 29.4 Å². The van der Waals surface area contributed by atoms with Crippen molar-refractivity contribution < 1.29 is 9.59 Å². The van der Waals surface area contributed by atoms with Crippen LogP contribution >= 0.6 is 0 Å². The van der Waals surface area contributed by atoms with Gasteiger partial charge in [-0.1, -0.05) is 44.6 Å². The maximum atomic E-state index is 12.9. The van der Waals surface area contributed by atoms with Gasteiger partial charge in [0.05, 0.1) is 0 Å². The predicted octanol–water partition coefficient (Wildman–Crippen LogP) is 4.02. The summed E-state index contributed by atoms with van der Waals surface area (Å²) in [6, 6.07) is 3.80. The molecule has 0 saturated heterocycles. The molecule has 0 atom stereocenters. The third-order valence-electron chi connectivity index (χ3n) is 5.52. The summed E-state index contributed by atoms with van der Waals surface area (Å²) in [4.78, 5) is 29.9. The second-order valence-corrected chi connectivity index (χ2v) is 7.34. The van der Waals surface area contributed by atoms with Gasteiger partial charge in [0, 0.05) is 18.0 Å². The lowest BCUT2D eigenvalue weighted by Crippen LogP contribution is -2.35. The van der Waals surface area contributed by atoms with E-state index in [-0.39, 0.29) is 23.7 Å². The fourth-order valence-corrected chi connectivity index (χ4v) is 4.02. The maximum absolute atomic E-state index is 12.9. The molecule has 1 aromatic heterocycles. The molecule has 2 fully saturated rings. The van der Waals surface area contributed by atoms with E-state index in [0.29, 0.717) is 5.49 Å². The van der Waals surface area contributed by atoms with Gasteiger partial charge in [-0.3, -0.25) is 14.2 Å². The van der Waals surface area contributed by atoms with Crippen LogP contribution in [0.4, 0.5) is 0 Å². The van der Waals surface area contributed by atoms with Crippen molar-refractivity contribution in [1.29, 1.82) is 0 Å². The topological polar surface area (TPSA) is 51.4 Å². The number of hydrogen-bond donors (Lipinski definition) is 0. The second-order valence-electron chi connectivity index (χ2n) is 7.34. The number of hydrogen-bond acceptors (Lipinski definition) is 2. The van der Waals surface area contributed by atoms with Crippen LogP contribution in [0, 0.1) is 18.8 Å². The normalized spacial score (nSPS) is 21.0. The quantitative estimate of drug-likeness (QED) is 0.823. The van der Waals surface area contributed by atoms with Gasteiger partial charge in [-0.25, -0.2) is 0 Å². The Morgan fingerprint density at radius 2 is 1.54 bits per heavy atom. The molecule has 24 heavy (non-hydrogen) atoms. The molecule has 0 aromatic carbocycles. The summed E-state index contributed by atoms with van der Waals surface area (Å²) < 4.78 is 1.63. The van der Waals surface area contributed by atoms with E-state index in [1.807, 2.05) is 19.1 Å². The minimum Gasteiger partial charge on any atom is -0.274 e. The van der Waals surface area contributed by atoms with Gasteiger partial charge in [-0.05, 0) is 44.2 Å². The van der Waals surface area contributed by atoms with Gasteiger partial charge in [0.1, 0.15) is 5.49 Å². The van der Waals surface area contributed by atoms with Gasteiger partial charge in [-0.2, -0.15) is 4.99 Å². The maximum Gasteiger partial charge on any atom is 0.250 e. The van der Waals surface area contributed by atoms with Crippen LogP contribution in [0.2, 0.25) is 0 Å². The molecule has 4 nitrogen and oxygen atoms in total. The number of amides is 1. The molecule has 1 heterocycles. The lowest BCUT2D eigenvalue weighted by atomic mass is 9.88. The highest BCUT2D eigenvalue weighted by atomic mass is 16.2. The third kappa shape index (κ3) is 3.85. The molecule has 3 rings (SSSR count). The van der Waals surface area contributed by atoms with Crippen LogP contribution in [-0.2, 0) is 4.79 Å². The highest BCUT2D eigenvalue weighted by Crippen LogP contribution is 2.25. The zero-order valence-corrected chi connectivity index (χ0v) is 14.7. The number of aryl methyl sites for hydroxylation is 1. The van der Waals surface area contributed by atoms with Crippen molar-refractivity contribution in [3.63, 3.8) is 0 Å². The van der Waals surface area contributed by atoms with Crippen molar-refractivity contribution >= 4 is 11.8 Å². The van der Waals surface area contributed by atoms with Gasteiger partial charge in [0.15, 0.2) is 0 Å². The van der Waals surface area contributed by atoms with Gasteiger partial charge < -0.3 is 0 Å². The highest BCUT2D eigenvalue weighted by molar-refractivity contribution is 5.83. The molecule has 0 N–H and O–H groups in total. The largest absolute Gasteiger partial charge is 0.274 e. The molecule has 2 saturated carbocycles. The third-order valence-corrected chi connectivity index (χ3v) is 5.52. The Kier molecular flexibility index (Phi) is 5.64. The average Bonchev–Trinajstić information content (AvgIpc) is 2.64. The van der Waals surface area contributed by atoms with Gasteiger partial charge in [-0.15, -0.1) is 0 Å². The zero-order chi connectivity index (χ0) is 16.9. The Hall–Kier alpha value is -1.71. The van der Waals surface area contributed by atoms with Crippen molar-refractivity contribution in [2.75, 3.05) is 0 Å². The fourth-order valence-electron chi connectivity index (χ4n) is 4.02. The minimum absolute atomic E-state index is 0.0385. The first kappa shape index (κ1) is 17.1. The lowest BCUT2D eigenvalue weighted by molar-refractivity contribution is -0.122. The molecule has 4 heteroatoms. The first-order valence-corrected chi connectivity index (χ1v) is 9.48. The molecule has 1 aromatic rings. The van der Waals surface area contributed by atoms with Crippen molar-refractivity contribution in [2.45, 2.75) is 71.1 Å². The monoisotopic (exact) mass is 328 g/mol. The van der Waals surface area contributed by atoms with Gasteiger partial charge in [0.25, 0.3) is 5.91 Å². The summed E-state index contributed by atoms with van der Waals surface area (Å²) in [6.45, 7) is 1.93. The number of nitrogens with zero attached hydrogens (tertiary/aromatic N) is 2. The smallest absolute Gasteiger partial charge is 0.250 e. The fraction of sp³-hybridized carbons (Fsp3) is 0.650. The van der Waals surface area contributed by atoms with Crippen molar-refractivity contribution in [1.82, 2.24) is 4.57 Å². The Morgan fingerprint density at radius 1 is 0.958 bits per heavy atom. The Bertz CT molecular complexity index is 662. The van der Waals surface area contributed by atoms with Crippen LogP contribution in [0.1, 0.15) is 74.6 Å². The van der Waals surface area contributed by atoms with Gasteiger partial charge in [0.2, 0.25) is 5.91 Å². The molecule has 0 unspecified atom stereocenters. The van der Waals surface area contributed by atoms with Crippen molar-refractivity contribution in [2.24, 2.45) is 16.8 Å². The first-order valence-electron chi connectivity index (χ1n) is 9.48. The summed E-state index contributed by atoms with van der Waals surface area (Å²) in [5.74, 6) is 0.170. The summed E-state index contributed by atoms with van der Waals surface area (Å²) in [5.41, 5.74) is 1.44. The lowest BCUT2D eigenvalue weighted by Gasteiger charge is -2.22. The van der Waals surface area contributed by atoms with E-state index in [0.717, 1.165) is 56.9 Å². The minimum atomic E-state index is -0.0470. The number of carbonyl (C=O) groups excluding carboxylic acids is 2. The molecule has 0 aliphatic heterocycles. The van der Waals surface area contributed by atoms with E-state index in [2.05, 4.69) is 4.99 Å². The van der Waals surface area contributed by atoms with E-state index in [4.69, 9.17) is 0 Å². The Morgan fingerprint density at radius 3 is 2.17 bits per heavy atom. The molecule has 130 valence electrons. The number of aromatic nitrogens is 1. The molecule has 0 spiro atoms. The van der Waals surface area contributed by atoms with Crippen LogP contribution < -0.4 is 5.49 Å². The predicted molar refractivity (Wildman–Crippen MR) is 93.5 cm³/mol. The summed E-state index contributed by atoms with van der Waals surface area (Å²) >= 11 is 0. The van der Waals surface area contributed by atoms with Crippen LogP contribution in [0.5, 0.6) is 0 Å². The number of pyridine rings is 1. The molecule has 0 bridgehead atoms. The zero-order valence-electron chi connectivity index (χ0n) is 14.7. The van der Waals surface area contributed by atoms with Crippen molar-refractivity contribution in [3.8, 4) is 0 Å². The Balaban J connectivity index is 1.90. The second kappa shape index (κ2) is 7.91. The van der Waals surface area contributed by atoms with E-state index >= 15 is 0 Å². The number of carbonyl (C=O) groups is 2. The van der Waals surface area contributed by atoms with Crippen LogP contribution in [-0.4, -0.2) is 16.4 Å². The average molecular weight is 328 g/mol. The molecule has 1 amide bonds. The van der Waals surface area contributed by atoms with E-state index in [1.165, 1.54) is 12.8 Å². The molecular weight excluding hydrogens is 300 g/mol. The highest BCUT2D eigenvalue weighted by Gasteiger charge is 2.24. The van der Waals surface area contributed by atoms with Crippen LogP contribution in [0.3, 0.4) is 0 Å². The SMILES string of the molecule is Cc1cccn(C(=O)C2CCCCC2)c1=NC(=O)C1CCCCC1. The summed E-state index contributed by atoms with van der Waals surface area (Å²) in [7, 11) is 0. The van der Waals surface area contributed by atoms with Gasteiger partial charge >= 0.3 is 0 Å². The summed E-state index contributed by atoms with van der Waals surface area (Å²) in [5, 5.41) is 0. The molecule has 0 radical (unpaired) electrons. The molecule has 2 aliphatic carbocycles. The standard InChI is InChI=1S/C20H28N2O2/c1-15-9-8-14-22(20(24)17-12-6-3-7-13-17)18(15)21-19(23)16-10-4-2-5-11-16/h8-9,14,16-17H,2-7,10-13H2,1H3. The number of rotatable bonds is 2.